The quantitative estimate of drug-likeness (QED) is 0.0420. The number of rotatable bonds is 55. The van der Waals surface area contributed by atoms with E-state index in [4.69, 9.17) is 0 Å². The van der Waals surface area contributed by atoms with Crippen molar-refractivity contribution in [2.24, 2.45) is 0 Å². The number of unbranched alkanes of at least 4 members (excludes halogenated alkanes) is 42. The molecule has 0 aromatic carbocycles. The van der Waals surface area contributed by atoms with Crippen molar-refractivity contribution >= 4 is 5.91 Å². The zero-order valence-corrected chi connectivity index (χ0v) is 44.7. The number of hydrogen-bond donors (Lipinski definition) is 3. The van der Waals surface area contributed by atoms with E-state index in [1.807, 2.05) is 6.08 Å². The van der Waals surface area contributed by atoms with E-state index in [9.17, 15) is 15.0 Å². The predicted octanol–water partition coefficient (Wildman–Crippen LogP) is 19.8. The summed E-state index contributed by atoms with van der Waals surface area (Å²) in [5, 5.41) is 23.1. The van der Waals surface area contributed by atoms with E-state index >= 15 is 0 Å². The lowest BCUT2D eigenvalue weighted by Gasteiger charge is -2.20. The highest BCUT2D eigenvalue weighted by atomic mass is 16.3. The lowest BCUT2D eigenvalue weighted by atomic mass is 10.0. The summed E-state index contributed by atoms with van der Waals surface area (Å²) in [5.41, 5.74) is 0. The van der Waals surface area contributed by atoms with Crippen LogP contribution in [0, 0.1) is 0 Å². The average molecular weight is 925 g/mol. The Bertz CT molecular complexity index is 1050. The zero-order chi connectivity index (χ0) is 47.7. The fourth-order valence-corrected chi connectivity index (χ4v) is 9.25. The zero-order valence-electron chi connectivity index (χ0n) is 44.7. The molecule has 0 heterocycles. The van der Waals surface area contributed by atoms with E-state index in [0.717, 1.165) is 38.5 Å². The van der Waals surface area contributed by atoms with Crippen LogP contribution in [0.15, 0.2) is 48.6 Å². The molecular formula is C62H117NO3. The van der Waals surface area contributed by atoms with E-state index in [0.29, 0.717) is 6.42 Å². The van der Waals surface area contributed by atoms with Gasteiger partial charge in [-0.1, -0.05) is 306 Å². The molecule has 0 aliphatic heterocycles. The summed E-state index contributed by atoms with van der Waals surface area (Å²) in [6.07, 6.45) is 80.2. The second-order valence-corrected chi connectivity index (χ2v) is 20.4. The molecule has 0 bridgehead atoms. The molecule has 0 spiro atoms. The van der Waals surface area contributed by atoms with Crippen LogP contribution in [0.5, 0.6) is 0 Å². The minimum atomic E-state index is -0.836. The van der Waals surface area contributed by atoms with Gasteiger partial charge in [-0.05, 0) is 57.8 Å². The molecule has 0 aliphatic rings. The van der Waals surface area contributed by atoms with Crippen LogP contribution in [0.4, 0.5) is 0 Å². The van der Waals surface area contributed by atoms with Crippen molar-refractivity contribution < 1.29 is 15.0 Å². The molecule has 0 aliphatic carbocycles. The monoisotopic (exact) mass is 924 g/mol. The summed E-state index contributed by atoms with van der Waals surface area (Å²) in [6, 6.07) is -0.619. The van der Waals surface area contributed by atoms with Crippen LogP contribution in [-0.4, -0.2) is 34.9 Å². The third kappa shape index (κ3) is 53.3. The summed E-state index contributed by atoms with van der Waals surface area (Å²) >= 11 is 0. The summed E-state index contributed by atoms with van der Waals surface area (Å²) in [7, 11) is 0. The molecule has 0 rings (SSSR count). The van der Waals surface area contributed by atoms with Gasteiger partial charge in [-0.3, -0.25) is 4.79 Å². The summed E-state index contributed by atoms with van der Waals surface area (Å²) in [5.74, 6) is -0.0595. The molecule has 0 aromatic rings. The van der Waals surface area contributed by atoms with Crippen LogP contribution < -0.4 is 5.32 Å². The minimum absolute atomic E-state index is 0.0595. The maximum absolute atomic E-state index is 12.4. The number of carbonyl (C=O) groups is 1. The third-order valence-electron chi connectivity index (χ3n) is 13.8. The van der Waals surface area contributed by atoms with Crippen molar-refractivity contribution in [2.45, 2.75) is 334 Å². The van der Waals surface area contributed by atoms with Gasteiger partial charge in [0.15, 0.2) is 0 Å². The van der Waals surface area contributed by atoms with E-state index in [1.165, 1.54) is 263 Å². The van der Waals surface area contributed by atoms with Crippen LogP contribution in [0.1, 0.15) is 322 Å². The largest absolute Gasteiger partial charge is 0.394 e. The number of allylic oxidation sites excluding steroid dienone is 7. The van der Waals surface area contributed by atoms with Gasteiger partial charge in [0.1, 0.15) is 0 Å². The number of hydrogen-bond acceptors (Lipinski definition) is 3. The van der Waals surface area contributed by atoms with Crippen LogP contribution in [0.2, 0.25) is 0 Å². The Hall–Kier alpha value is -1.65. The van der Waals surface area contributed by atoms with Gasteiger partial charge >= 0.3 is 0 Å². The second kappa shape index (κ2) is 57.7. The van der Waals surface area contributed by atoms with E-state index < -0.39 is 12.1 Å². The van der Waals surface area contributed by atoms with Gasteiger partial charge in [-0.2, -0.15) is 0 Å². The van der Waals surface area contributed by atoms with E-state index in [1.54, 1.807) is 6.08 Å². The Labute approximate surface area is 414 Å². The van der Waals surface area contributed by atoms with Gasteiger partial charge in [0.2, 0.25) is 5.91 Å². The molecular weight excluding hydrogens is 807 g/mol. The first-order chi connectivity index (χ1) is 32.7. The molecule has 0 saturated carbocycles. The Kier molecular flexibility index (Phi) is 56.2. The molecule has 4 nitrogen and oxygen atoms in total. The SMILES string of the molecule is CCCCCCC/C=C\C/C=C\C/C=C\CCCCCCCCCCCCCCCCCCCCCCCCCCCCC(=O)NC(CO)C(O)/C=C/CCCCCCCCCCCCC. The molecule has 0 radical (unpaired) electrons. The van der Waals surface area contributed by atoms with Crippen LogP contribution in [0.25, 0.3) is 0 Å². The molecule has 66 heavy (non-hydrogen) atoms. The van der Waals surface area contributed by atoms with Gasteiger partial charge in [0.05, 0.1) is 18.8 Å². The van der Waals surface area contributed by atoms with Crippen LogP contribution in [-0.2, 0) is 4.79 Å². The molecule has 2 atom stereocenters. The van der Waals surface area contributed by atoms with Crippen molar-refractivity contribution in [3.8, 4) is 0 Å². The fourth-order valence-electron chi connectivity index (χ4n) is 9.25. The van der Waals surface area contributed by atoms with Crippen molar-refractivity contribution in [3.05, 3.63) is 48.6 Å². The van der Waals surface area contributed by atoms with Gasteiger partial charge in [0.25, 0.3) is 0 Å². The highest BCUT2D eigenvalue weighted by Crippen LogP contribution is 2.17. The summed E-state index contributed by atoms with van der Waals surface area (Å²) in [6.45, 7) is 4.31. The van der Waals surface area contributed by atoms with Crippen molar-refractivity contribution in [3.63, 3.8) is 0 Å². The number of amides is 1. The number of nitrogens with one attached hydrogen (secondary N) is 1. The van der Waals surface area contributed by atoms with Crippen molar-refractivity contribution in [1.29, 1.82) is 0 Å². The Morgan fingerprint density at radius 3 is 0.924 bits per heavy atom. The van der Waals surface area contributed by atoms with E-state index in [-0.39, 0.29) is 12.5 Å². The van der Waals surface area contributed by atoms with Gasteiger partial charge < -0.3 is 15.5 Å². The minimum Gasteiger partial charge on any atom is -0.394 e. The highest BCUT2D eigenvalue weighted by Gasteiger charge is 2.18. The Morgan fingerprint density at radius 1 is 0.364 bits per heavy atom. The van der Waals surface area contributed by atoms with Gasteiger partial charge in [0, 0.05) is 6.42 Å². The molecule has 388 valence electrons. The molecule has 0 aromatic heterocycles. The fraction of sp³-hybridized carbons (Fsp3) is 0.855. The molecule has 0 saturated heterocycles. The Morgan fingerprint density at radius 2 is 0.621 bits per heavy atom. The number of carbonyl (C=O) groups excluding carboxylic acids is 1. The summed E-state index contributed by atoms with van der Waals surface area (Å²) in [4.78, 5) is 12.4. The molecule has 0 fully saturated rings. The van der Waals surface area contributed by atoms with Gasteiger partial charge in [-0.15, -0.1) is 0 Å². The first-order valence-corrected chi connectivity index (χ1v) is 29.9. The normalized spacial score (nSPS) is 13.1. The first kappa shape index (κ1) is 64.3. The maximum atomic E-state index is 12.4. The number of aliphatic hydroxyl groups excluding tert-OH is 2. The van der Waals surface area contributed by atoms with Crippen molar-refractivity contribution in [2.75, 3.05) is 6.61 Å². The lowest BCUT2D eigenvalue weighted by Crippen LogP contribution is -2.45. The van der Waals surface area contributed by atoms with Crippen LogP contribution >= 0.6 is 0 Å². The van der Waals surface area contributed by atoms with Crippen LogP contribution in [0.3, 0.4) is 0 Å². The number of aliphatic hydroxyl groups is 2. The standard InChI is InChI=1S/C62H117NO3/c1-3-5-7-9-11-13-15-17-18-19-20-21-22-23-24-25-26-27-28-29-30-31-32-33-34-35-36-37-38-39-40-41-42-43-44-46-48-50-52-54-56-58-62(66)63-60(59-64)61(65)57-55-53-51-49-47-45-16-14-12-10-8-6-4-2/h15,17,19-20,22-23,55,57,60-61,64-65H,3-14,16,18,21,24-54,56,58-59H2,1-2H3,(H,63,66)/b17-15-,20-19-,23-22-,57-55+. The molecule has 1 amide bonds. The predicted molar refractivity (Wildman–Crippen MR) is 295 cm³/mol. The highest BCUT2D eigenvalue weighted by molar-refractivity contribution is 5.76. The maximum Gasteiger partial charge on any atom is 0.220 e. The second-order valence-electron chi connectivity index (χ2n) is 20.4. The molecule has 2 unspecified atom stereocenters. The first-order valence-electron chi connectivity index (χ1n) is 29.9. The molecule has 3 N–H and O–H groups in total. The lowest BCUT2D eigenvalue weighted by molar-refractivity contribution is -0.123. The topological polar surface area (TPSA) is 69.6 Å². The van der Waals surface area contributed by atoms with Gasteiger partial charge in [-0.25, -0.2) is 0 Å². The van der Waals surface area contributed by atoms with Crippen molar-refractivity contribution in [1.82, 2.24) is 5.32 Å². The smallest absolute Gasteiger partial charge is 0.220 e. The summed E-state index contributed by atoms with van der Waals surface area (Å²) < 4.78 is 0. The average Bonchev–Trinajstić information content (AvgIpc) is 3.32. The Balaban J connectivity index is 3.38. The third-order valence-corrected chi connectivity index (χ3v) is 13.8. The van der Waals surface area contributed by atoms with E-state index in [2.05, 4.69) is 55.6 Å². The molecule has 4 heteroatoms.